The fourth-order valence-electron chi connectivity index (χ4n) is 2.80. The number of rotatable bonds is 4. The summed E-state index contributed by atoms with van der Waals surface area (Å²) in [5.74, 6) is 0.212. The van der Waals surface area contributed by atoms with Crippen LogP contribution >= 0.6 is 0 Å². The van der Waals surface area contributed by atoms with E-state index in [1.807, 2.05) is 0 Å². The highest BCUT2D eigenvalue weighted by molar-refractivity contribution is 5.75. The molecule has 1 aliphatic rings. The molecule has 0 atom stereocenters. The van der Waals surface area contributed by atoms with Crippen LogP contribution in [0.2, 0.25) is 0 Å². The quantitative estimate of drug-likeness (QED) is 0.615. The number of nitrogens with zero attached hydrogens (tertiary/aromatic N) is 1. The highest BCUT2D eigenvalue weighted by Gasteiger charge is 2.33. The number of hydrogen-bond donors (Lipinski definition) is 2. The molecular formula is C14H21N3. The Morgan fingerprint density at radius 2 is 1.76 bits per heavy atom. The van der Waals surface area contributed by atoms with Gasteiger partial charge in [-0.15, -0.1) is 0 Å². The van der Waals surface area contributed by atoms with Gasteiger partial charge >= 0.3 is 0 Å². The Morgan fingerprint density at radius 3 is 2.35 bits per heavy atom. The second-order valence-electron chi connectivity index (χ2n) is 5.11. The van der Waals surface area contributed by atoms with Crippen LogP contribution in [0.5, 0.6) is 0 Å². The van der Waals surface area contributed by atoms with Gasteiger partial charge < -0.3 is 11.5 Å². The van der Waals surface area contributed by atoms with E-state index in [4.69, 9.17) is 11.5 Å². The summed E-state index contributed by atoms with van der Waals surface area (Å²) in [6.45, 7) is 0.768. The zero-order valence-electron chi connectivity index (χ0n) is 10.2. The fraction of sp³-hybridized carbons (Fsp3) is 0.500. The summed E-state index contributed by atoms with van der Waals surface area (Å²) in [7, 11) is 0. The highest BCUT2D eigenvalue weighted by Crippen LogP contribution is 2.41. The van der Waals surface area contributed by atoms with Gasteiger partial charge in [-0.2, -0.15) is 0 Å². The van der Waals surface area contributed by atoms with Crippen molar-refractivity contribution in [2.75, 3.05) is 6.54 Å². The van der Waals surface area contributed by atoms with Crippen LogP contribution in [0.1, 0.15) is 31.2 Å². The molecule has 1 saturated carbocycles. The van der Waals surface area contributed by atoms with Crippen molar-refractivity contribution < 1.29 is 0 Å². The molecule has 0 heterocycles. The molecule has 0 amide bonds. The van der Waals surface area contributed by atoms with E-state index in [0.717, 1.165) is 13.0 Å². The lowest BCUT2D eigenvalue weighted by molar-refractivity contribution is 0.307. The lowest BCUT2D eigenvalue weighted by Gasteiger charge is -2.27. The standard InChI is InChI=1S/C14H21N3/c15-13(16)17-11-14(8-4-5-9-14)10-12-6-2-1-3-7-12/h1-3,6-7H,4-5,8-11H2,(H4,15,16,17). The smallest absolute Gasteiger partial charge is 0.185 e. The van der Waals surface area contributed by atoms with E-state index in [-0.39, 0.29) is 11.4 Å². The molecule has 2 rings (SSSR count). The average Bonchev–Trinajstić information content (AvgIpc) is 2.77. The lowest BCUT2D eigenvalue weighted by atomic mass is 9.80. The summed E-state index contributed by atoms with van der Waals surface area (Å²) >= 11 is 0. The summed E-state index contributed by atoms with van der Waals surface area (Å²) in [4.78, 5) is 4.25. The molecule has 0 aromatic heterocycles. The van der Waals surface area contributed by atoms with Gasteiger partial charge in [0.2, 0.25) is 0 Å². The van der Waals surface area contributed by atoms with E-state index in [9.17, 15) is 0 Å². The van der Waals surface area contributed by atoms with Crippen LogP contribution < -0.4 is 11.5 Å². The summed E-state index contributed by atoms with van der Waals surface area (Å²) in [5.41, 5.74) is 12.6. The topological polar surface area (TPSA) is 64.4 Å². The Bertz CT molecular complexity index is 374. The Kier molecular flexibility index (Phi) is 3.67. The second kappa shape index (κ2) is 5.21. The Labute approximate surface area is 103 Å². The highest BCUT2D eigenvalue weighted by atomic mass is 15.0. The maximum atomic E-state index is 5.45. The van der Waals surface area contributed by atoms with Crippen molar-refractivity contribution in [1.82, 2.24) is 0 Å². The van der Waals surface area contributed by atoms with Crippen molar-refractivity contribution in [3.05, 3.63) is 35.9 Å². The number of guanidine groups is 1. The Hall–Kier alpha value is -1.51. The van der Waals surface area contributed by atoms with Crippen LogP contribution in [0, 0.1) is 5.41 Å². The van der Waals surface area contributed by atoms with Gasteiger partial charge in [0, 0.05) is 6.54 Å². The number of aliphatic imine (C=N–C) groups is 1. The van der Waals surface area contributed by atoms with E-state index >= 15 is 0 Å². The Morgan fingerprint density at radius 1 is 1.12 bits per heavy atom. The van der Waals surface area contributed by atoms with Gasteiger partial charge in [-0.05, 0) is 30.2 Å². The minimum Gasteiger partial charge on any atom is -0.370 e. The number of hydrogen-bond acceptors (Lipinski definition) is 1. The van der Waals surface area contributed by atoms with Crippen molar-refractivity contribution in [2.45, 2.75) is 32.1 Å². The number of benzene rings is 1. The SMILES string of the molecule is NC(N)=NCC1(Cc2ccccc2)CCCC1. The molecule has 0 saturated heterocycles. The monoisotopic (exact) mass is 231 g/mol. The molecule has 17 heavy (non-hydrogen) atoms. The normalized spacial score (nSPS) is 17.9. The zero-order valence-corrected chi connectivity index (χ0v) is 10.2. The third-order valence-electron chi connectivity index (χ3n) is 3.68. The van der Waals surface area contributed by atoms with Gasteiger partial charge in [0.1, 0.15) is 0 Å². The van der Waals surface area contributed by atoms with E-state index in [0.29, 0.717) is 0 Å². The largest absolute Gasteiger partial charge is 0.370 e. The first-order valence-corrected chi connectivity index (χ1v) is 6.30. The van der Waals surface area contributed by atoms with E-state index in [2.05, 4.69) is 35.3 Å². The summed E-state index contributed by atoms with van der Waals surface area (Å²) in [5, 5.41) is 0. The minimum absolute atomic E-state index is 0.212. The van der Waals surface area contributed by atoms with Crippen LogP contribution in [0.4, 0.5) is 0 Å². The first-order valence-electron chi connectivity index (χ1n) is 6.30. The van der Waals surface area contributed by atoms with Crippen LogP contribution in [0.25, 0.3) is 0 Å². The van der Waals surface area contributed by atoms with Crippen molar-refractivity contribution in [3.8, 4) is 0 Å². The molecule has 1 aromatic rings. The lowest BCUT2D eigenvalue weighted by Crippen LogP contribution is -2.29. The first kappa shape index (κ1) is 12.0. The van der Waals surface area contributed by atoms with Crippen LogP contribution in [0.3, 0.4) is 0 Å². The van der Waals surface area contributed by atoms with Gasteiger partial charge in [0.25, 0.3) is 0 Å². The summed E-state index contributed by atoms with van der Waals surface area (Å²) < 4.78 is 0. The van der Waals surface area contributed by atoms with Gasteiger partial charge in [-0.1, -0.05) is 43.2 Å². The van der Waals surface area contributed by atoms with E-state index in [1.54, 1.807) is 0 Å². The molecule has 4 N–H and O–H groups in total. The first-order chi connectivity index (χ1) is 8.20. The third-order valence-corrected chi connectivity index (χ3v) is 3.68. The molecule has 0 unspecified atom stereocenters. The average molecular weight is 231 g/mol. The minimum atomic E-state index is 0.212. The molecule has 1 aromatic carbocycles. The number of nitrogens with two attached hydrogens (primary N) is 2. The molecular weight excluding hydrogens is 210 g/mol. The van der Waals surface area contributed by atoms with Gasteiger partial charge in [-0.3, -0.25) is 4.99 Å². The van der Waals surface area contributed by atoms with Crippen molar-refractivity contribution in [3.63, 3.8) is 0 Å². The van der Waals surface area contributed by atoms with Gasteiger partial charge in [-0.25, -0.2) is 0 Å². The van der Waals surface area contributed by atoms with Crippen LogP contribution in [-0.2, 0) is 6.42 Å². The van der Waals surface area contributed by atoms with Gasteiger partial charge in [0.15, 0.2) is 5.96 Å². The van der Waals surface area contributed by atoms with Gasteiger partial charge in [0.05, 0.1) is 0 Å². The molecule has 0 radical (unpaired) electrons. The molecule has 0 bridgehead atoms. The molecule has 92 valence electrons. The predicted molar refractivity (Wildman–Crippen MR) is 71.7 cm³/mol. The molecule has 0 spiro atoms. The van der Waals surface area contributed by atoms with Crippen molar-refractivity contribution in [1.29, 1.82) is 0 Å². The zero-order chi connectivity index (χ0) is 12.1. The Balaban J connectivity index is 2.09. The maximum Gasteiger partial charge on any atom is 0.185 e. The summed E-state index contributed by atoms with van der Waals surface area (Å²) in [6, 6.07) is 10.6. The van der Waals surface area contributed by atoms with E-state index < -0.39 is 0 Å². The van der Waals surface area contributed by atoms with E-state index in [1.165, 1.54) is 31.2 Å². The van der Waals surface area contributed by atoms with Crippen LogP contribution in [0.15, 0.2) is 35.3 Å². The van der Waals surface area contributed by atoms with Crippen molar-refractivity contribution in [2.24, 2.45) is 21.9 Å². The summed E-state index contributed by atoms with van der Waals surface area (Å²) in [6.07, 6.45) is 6.15. The molecule has 1 fully saturated rings. The second-order valence-corrected chi connectivity index (χ2v) is 5.11. The molecule has 1 aliphatic carbocycles. The predicted octanol–water partition coefficient (Wildman–Crippen LogP) is 2.06. The fourth-order valence-corrected chi connectivity index (χ4v) is 2.80. The molecule has 3 nitrogen and oxygen atoms in total. The molecule has 0 aliphatic heterocycles. The maximum absolute atomic E-state index is 5.45. The third kappa shape index (κ3) is 3.22. The molecule has 3 heteroatoms. The van der Waals surface area contributed by atoms with Crippen molar-refractivity contribution >= 4 is 5.96 Å². The van der Waals surface area contributed by atoms with Crippen LogP contribution in [-0.4, -0.2) is 12.5 Å².